The van der Waals surface area contributed by atoms with Crippen molar-refractivity contribution in [1.82, 2.24) is 4.98 Å². The Kier molecular flexibility index (Phi) is 2.92. The van der Waals surface area contributed by atoms with Gasteiger partial charge in [0.25, 0.3) is 0 Å². The predicted molar refractivity (Wildman–Crippen MR) is 59.0 cm³/mol. The summed E-state index contributed by atoms with van der Waals surface area (Å²) in [6, 6.07) is 6.70. The normalized spacial score (nSPS) is 12.6. The van der Waals surface area contributed by atoms with Gasteiger partial charge < -0.3 is 14.6 Å². The lowest BCUT2D eigenvalue weighted by Crippen LogP contribution is -2.02. The van der Waals surface area contributed by atoms with Gasteiger partial charge in [0.1, 0.15) is 11.5 Å². The topological polar surface area (TPSA) is 66.5 Å². The van der Waals surface area contributed by atoms with Gasteiger partial charge in [0.2, 0.25) is 5.89 Å². The Morgan fingerprint density at radius 2 is 2.25 bits per heavy atom. The van der Waals surface area contributed by atoms with Crippen LogP contribution in [0, 0.1) is 0 Å². The van der Waals surface area contributed by atoms with Crippen LogP contribution in [0.25, 0.3) is 11.5 Å². The van der Waals surface area contributed by atoms with Crippen molar-refractivity contribution < 1.29 is 14.6 Å². The van der Waals surface area contributed by atoms with E-state index >= 15 is 0 Å². The van der Waals surface area contributed by atoms with Gasteiger partial charge in [0.05, 0.1) is 12.3 Å². The zero-order valence-corrected chi connectivity index (χ0v) is 8.92. The Bertz CT molecular complexity index is 477. The van der Waals surface area contributed by atoms with Crippen LogP contribution in [0.1, 0.15) is 12.7 Å². The van der Waals surface area contributed by atoms with Crippen molar-refractivity contribution in [2.75, 3.05) is 0 Å². The summed E-state index contributed by atoms with van der Waals surface area (Å²) in [5, 5.41) is 18.5. The number of nitrogens with zero attached hydrogens (tertiary/aromatic N) is 1. The van der Waals surface area contributed by atoms with Gasteiger partial charge in [-0.2, -0.15) is 0 Å². The van der Waals surface area contributed by atoms with Crippen LogP contribution in [0.3, 0.4) is 0 Å². The van der Waals surface area contributed by atoms with E-state index in [4.69, 9.17) is 4.42 Å². The second kappa shape index (κ2) is 4.37. The van der Waals surface area contributed by atoms with Gasteiger partial charge in [-0.15, -0.1) is 0 Å². The molecular weight excluding hydrogens is 206 g/mol. The summed E-state index contributed by atoms with van der Waals surface area (Å²) in [4.78, 5) is 4.09. The number of aliphatic hydroxyl groups is 1. The van der Waals surface area contributed by atoms with Crippen LogP contribution >= 0.6 is 0 Å². The Balaban J connectivity index is 2.24. The number of phenols is 1. The van der Waals surface area contributed by atoms with Gasteiger partial charge in [-0.25, -0.2) is 4.98 Å². The average molecular weight is 219 g/mol. The minimum Gasteiger partial charge on any atom is -0.508 e. The molecule has 2 aromatic rings. The second-order valence-electron chi connectivity index (χ2n) is 3.74. The van der Waals surface area contributed by atoms with Gasteiger partial charge in [-0.3, -0.25) is 0 Å². The first-order chi connectivity index (χ1) is 7.65. The van der Waals surface area contributed by atoms with Gasteiger partial charge >= 0.3 is 0 Å². The molecule has 2 N–H and O–H groups in total. The SMILES string of the molecule is CC(O)Cc1cnc(-c2cccc(O)c2)o1. The molecule has 2 rings (SSSR count). The molecule has 0 spiro atoms. The largest absolute Gasteiger partial charge is 0.508 e. The van der Waals surface area contributed by atoms with Crippen molar-refractivity contribution in [1.29, 1.82) is 0 Å². The molecule has 0 saturated heterocycles. The molecule has 84 valence electrons. The van der Waals surface area contributed by atoms with Gasteiger partial charge in [0, 0.05) is 12.0 Å². The van der Waals surface area contributed by atoms with E-state index in [9.17, 15) is 10.2 Å². The molecule has 1 aromatic heterocycles. The first kappa shape index (κ1) is 10.7. The molecule has 1 heterocycles. The van der Waals surface area contributed by atoms with Crippen molar-refractivity contribution in [3.05, 3.63) is 36.2 Å². The van der Waals surface area contributed by atoms with Crippen molar-refractivity contribution in [3.8, 4) is 17.2 Å². The summed E-state index contributed by atoms with van der Waals surface area (Å²) in [5.41, 5.74) is 0.719. The number of rotatable bonds is 3. The number of benzene rings is 1. The van der Waals surface area contributed by atoms with Gasteiger partial charge in [-0.1, -0.05) is 6.07 Å². The van der Waals surface area contributed by atoms with Crippen LogP contribution in [-0.2, 0) is 6.42 Å². The molecule has 4 heteroatoms. The first-order valence-corrected chi connectivity index (χ1v) is 5.07. The van der Waals surface area contributed by atoms with Crippen LogP contribution in [-0.4, -0.2) is 21.3 Å². The highest BCUT2D eigenvalue weighted by Gasteiger charge is 2.08. The molecule has 4 nitrogen and oxygen atoms in total. The molecule has 0 aliphatic heterocycles. The molecule has 16 heavy (non-hydrogen) atoms. The van der Waals surface area contributed by atoms with E-state index < -0.39 is 6.10 Å². The molecule has 0 amide bonds. The molecule has 1 aromatic carbocycles. The summed E-state index contributed by atoms with van der Waals surface area (Å²) >= 11 is 0. The monoisotopic (exact) mass is 219 g/mol. The fourth-order valence-electron chi connectivity index (χ4n) is 1.47. The number of hydrogen-bond acceptors (Lipinski definition) is 4. The first-order valence-electron chi connectivity index (χ1n) is 5.07. The maximum atomic E-state index is 9.32. The summed E-state index contributed by atoms with van der Waals surface area (Å²) in [6.07, 6.45) is 1.57. The van der Waals surface area contributed by atoms with E-state index in [1.807, 2.05) is 0 Å². The smallest absolute Gasteiger partial charge is 0.226 e. The lowest BCUT2D eigenvalue weighted by atomic mass is 10.2. The van der Waals surface area contributed by atoms with Crippen LogP contribution in [0.2, 0.25) is 0 Å². The highest BCUT2D eigenvalue weighted by Crippen LogP contribution is 2.23. The van der Waals surface area contributed by atoms with Gasteiger partial charge in [0.15, 0.2) is 0 Å². The number of aliphatic hydroxyl groups excluding tert-OH is 1. The molecule has 1 atom stereocenters. The number of phenolic OH excluding ortho intramolecular Hbond substituents is 1. The average Bonchev–Trinajstić information content (AvgIpc) is 2.65. The van der Waals surface area contributed by atoms with E-state index in [1.165, 1.54) is 0 Å². The number of aromatic nitrogens is 1. The van der Waals surface area contributed by atoms with E-state index in [-0.39, 0.29) is 5.75 Å². The Morgan fingerprint density at radius 1 is 1.44 bits per heavy atom. The summed E-state index contributed by atoms with van der Waals surface area (Å²) in [6.45, 7) is 1.69. The van der Waals surface area contributed by atoms with Crippen molar-refractivity contribution in [2.45, 2.75) is 19.4 Å². The molecule has 0 saturated carbocycles. The van der Waals surface area contributed by atoms with E-state index in [0.717, 1.165) is 5.56 Å². The molecular formula is C12H13NO3. The predicted octanol–water partition coefficient (Wildman–Crippen LogP) is 1.97. The summed E-state index contributed by atoms with van der Waals surface area (Å²) in [7, 11) is 0. The van der Waals surface area contributed by atoms with Crippen molar-refractivity contribution in [2.24, 2.45) is 0 Å². The van der Waals surface area contributed by atoms with Crippen molar-refractivity contribution in [3.63, 3.8) is 0 Å². The quantitative estimate of drug-likeness (QED) is 0.828. The van der Waals surface area contributed by atoms with Gasteiger partial charge in [-0.05, 0) is 25.1 Å². The minimum atomic E-state index is -0.454. The van der Waals surface area contributed by atoms with Crippen LogP contribution in [0.4, 0.5) is 0 Å². The summed E-state index contributed by atoms with van der Waals surface area (Å²) < 4.78 is 5.45. The van der Waals surface area contributed by atoms with Crippen LogP contribution in [0.5, 0.6) is 5.75 Å². The molecule has 0 aliphatic rings. The fraction of sp³-hybridized carbons (Fsp3) is 0.250. The Hall–Kier alpha value is -1.81. The molecule has 0 fully saturated rings. The molecule has 0 bridgehead atoms. The Morgan fingerprint density at radius 3 is 2.94 bits per heavy atom. The third kappa shape index (κ3) is 2.41. The fourth-order valence-corrected chi connectivity index (χ4v) is 1.47. The molecule has 0 radical (unpaired) electrons. The van der Waals surface area contributed by atoms with Crippen molar-refractivity contribution >= 4 is 0 Å². The number of oxazole rings is 1. The highest BCUT2D eigenvalue weighted by molar-refractivity contribution is 5.55. The van der Waals surface area contributed by atoms with E-state index in [2.05, 4.69) is 4.98 Å². The Labute approximate surface area is 93.2 Å². The zero-order valence-electron chi connectivity index (χ0n) is 8.92. The lowest BCUT2D eigenvalue weighted by molar-refractivity contribution is 0.187. The van der Waals surface area contributed by atoms with Crippen LogP contribution < -0.4 is 0 Å². The zero-order chi connectivity index (χ0) is 11.5. The minimum absolute atomic E-state index is 0.174. The molecule has 0 aliphatic carbocycles. The van der Waals surface area contributed by atoms with E-state index in [1.54, 1.807) is 37.4 Å². The molecule has 1 unspecified atom stereocenters. The number of aromatic hydroxyl groups is 1. The summed E-state index contributed by atoms with van der Waals surface area (Å²) in [5.74, 6) is 1.26. The van der Waals surface area contributed by atoms with Crippen LogP contribution in [0.15, 0.2) is 34.9 Å². The second-order valence-corrected chi connectivity index (χ2v) is 3.74. The van der Waals surface area contributed by atoms with E-state index in [0.29, 0.717) is 18.1 Å². The maximum absolute atomic E-state index is 9.32. The highest BCUT2D eigenvalue weighted by atomic mass is 16.4. The number of hydrogen-bond donors (Lipinski definition) is 2. The maximum Gasteiger partial charge on any atom is 0.226 e. The third-order valence-electron chi connectivity index (χ3n) is 2.14. The lowest BCUT2D eigenvalue weighted by Gasteiger charge is -1.99. The third-order valence-corrected chi connectivity index (χ3v) is 2.14. The standard InChI is InChI=1S/C12H13NO3/c1-8(14)5-11-7-13-12(16-11)9-3-2-4-10(15)6-9/h2-4,6-8,14-15H,5H2,1H3.